The first-order chi connectivity index (χ1) is 11.3. The van der Waals surface area contributed by atoms with Gasteiger partial charge in [-0.3, -0.25) is 9.59 Å². The number of carbonyl (C=O) groups excluding carboxylic acids is 2. The summed E-state index contributed by atoms with van der Waals surface area (Å²) in [7, 11) is 0. The number of allylic oxidation sites excluding steroid dienone is 1. The van der Waals surface area contributed by atoms with Gasteiger partial charge in [0, 0.05) is 13.4 Å². The van der Waals surface area contributed by atoms with Gasteiger partial charge in [0.25, 0.3) is 5.91 Å². The van der Waals surface area contributed by atoms with Crippen LogP contribution in [0.2, 0.25) is 0 Å². The lowest BCUT2D eigenvalue weighted by Crippen LogP contribution is -2.20. The molecule has 0 fully saturated rings. The third kappa shape index (κ3) is 5.58. The Balaban J connectivity index is 2.26. The maximum absolute atomic E-state index is 12.5. The van der Waals surface area contributed by atoms with Gasteiger partial charge in [0.2, 0.25) is 0 Å². The molecule has 0 aliphatic carbocycles. The molecule has 124 valence electrons. The summed E-state index contributed by atoms with van der Waals surface area (Å²) in [5.41, 5.74) is 6.28. The molecule has 0 atom stereocenters. The lowest BCUT2D eigenvalue weighted by Gasteiger charge is -2.08. The summed E-state index contributed by atoms with van der Waals surface area (Å²) in [4.78, 5) is 23.4. The zero-order valence-electron chi connectivity index (χ0n) is 12.3. The minimum Gasteiger partial charge on any atom is -0.483 e. The Hall–Kier alpha value is -1.44. The average molecular weight is 518 g/mol. The maximum Gasteiger partial charge on any atom is 0.255 e. The molecule has 4 nitrogen and oxygen atoms in total. The molecule has 0 radical (unpaired) electrons. The van der Waals surface area contributed by atoms with Gasteiger partial charge in [-0.25, -0.2) is 0 Å². The highest BCUT2D eigenvalue weighted by molar-refractivity contribution is 9.11. The van der Waals surface area contributed by atoms with Crippen molar-refractivity contribution in [2.75, 3.05) is 6.61 Å². The van der Waals surface area contributed by atoms with Gasteiger partial charge in [0.1, 0.15) is 5.75 Å². The first-order valence-electron chi connectivity index (χ1n) is 6.74. The second kappa shape index (κ2) is 8.60. The molecule has 0 aliphatic rings. The molecule has 0 spiro atoms. The third-order valence-electron chi connectivity index (χ3n) is 2.89. The molecular formula is C17H12Br3NO3. The van der Waals surface area contributed by atoms with Crippen molar-refractivity contribution in [1.29, 1.82) is 0 Å². The van der Waals surface area contributed by atoms with E-state index in [1.165, 1.54) is 6.08 Å². The topological polar surface area (TPSA) is 69.4 Å². The zero-order valence-corrected chi connectivity index (χ0v) is 17.0. The molecule has 2 N–H and O–H groups in total. The van der Waals surface area contributed by atoms with E-state index in [0.29, 0.717) is 11.3 Å². The van der Waals surface area contributed by atoms with Gasteiger partial charge in [0.15, 0.2) is 12.4 Å². The summed E-state index contributed by atoms with van der Waals surface area (Å²) in [5.74, 6) is -0.542. The molecule has 2 rings (SSSR count). The van der Waals surface area contributed by atoms with Crippen LogP contribution in [0.1, 0.15) is 15.9 Å². The van der Waals surface area contributed by atoms with Crippen LogP contribution in [0.3, 0.4) is 0 Å². The number of benzene rings is 2. The van der Waals surface area contributed by atoms with Gasteiger partial charge in [0.05, 0.1) is 5.56 Å². The van der Waals surface area contributed by atoms with Crippen molar-refractivity contribution in [2.24, 2.45) is 5.73 Å². The Morgan fingerprint density at radius 3 is 2.29 bits per heavy atom. The van der Waals surface area contributed by atoms with E-state index in [-0.39, 0.29) is 12.4 Å². The number of carbonyl (C=O) groups is 2. The fourth-order valence-corrected chi connectivity index (χ4v) is 3.59. The Bertz CT molecular complexity index is 798. The van der Waals surface area contributed by atoms with Crippen molar-refractivity contribution in [1.82, 2.24) is 0 Å². The summed E-state index contributed by atoms with van der Waals surface area (Å²) >= 11 is 10.1. The first kappa shape index (κ1) is 18.9. The predicted octanol–water partition coefficient (Wildman–Crippen LogP) is 4.73. The summed E-state index contributed by atoms with van der Waals surface area (Å²) in [6, 6.07) is 10.7. The molecule has 7 heteroatoms. The van der Waals surface area contributed by atoms with Gasteiger partial charge < -0.3 is 10.5 Å². The van der Waals surface area contributed by atoms with Gasteiger partial charge in [-0.15, -0.1) is 0 Å². The molecule has 0 saturated heterocycles. The van der Waals surface area contributed by atoms with Crippen molar-refractivity contribution < 1.29 is 14.3 Å². The monoisotopic (exact) mass is 515 g/mol. The highest BCUT2D eigenvalue weighted by Crippen LogP contribution is 2.25. The Labute approximate surface area is 164 Å². The van der Waals surface area contributed by atoms with Crippen LogP contribution in [0.25, 0.3) is 6.08 Å². The summed E-state index contributed by atoms with van der Waals surface area (Å²) in [6.45, 7) is -0.287. The molecule has 2 aromatic carbocycles. The maximum atomic E-state index is 12.5. The van der Waals surface area contributed by atoms with Crippen LogP contribution in [0, 0.1) is 0 Å². The van der Waals surface area contributed by atoms with E-state index in [9.17, 15) is 9.59 Å². The molecule has 1 amide bonds. The van der Waals surface area contributed by atoms with E-state index in [1.54, 1.807) is 24.3 Å². The number of primary amides is 1. The highest BCUT2D eigenvalue weighted by Gasteiger charge is 2.12. The predicted molar refractivity (Wildman–Crippen MR) is 104 cm³/mol. The summed E-state index contributed by atoms with van der Waals surface area (Å²) in [5, 5.41) is 0. The first-order valence-corrected chi connectivity index (χ1v) is 9.12. The minimum absolute atomic E-state index is 0.244. The number of hydrogen-bond acceptors (Lipinski definition) is 3. The van der Waals surface area contributed by atoms with E-state index < -0.39 is 5.91 Å². The van der Waals surface area contributed by atoms with Gasteiger partial charge in [-0.05, 0) is 48.0 Å². The van der Waals surface area contributed by atoms with Crippen molar-refractivity contribution in [3.8, 4) is 5.75 Å². The van der Waals surface area contributed by atoms with Crippen LogP contribution in [0.4, 0.5) is 0 Å². The van der Waals surface area contributed by atoms with Crippen LogP contribution in [0.15, 0.2) is 55.9 Å². The van der Waals surface area contributed by atoms with E-state index in [2.05, 4.69) is 47.8 Å². The minimum atomic E-state index is -0.606. The highest BCUT2D eigenvalue weighted by atomic mass is 79.9. The fourth-order valence-electron chi connectivity index (χ4n) is 1.90. The largest absolute Gasteiger partial charge is 0.483 e. The second-order valence-corrected chi connectivity index (χ2v) is 7.54. The second-order valence-electron chi connectivity index (χ2n) is 4.80. The smallest absolute Gasteiger partial charge is 0.255 e. The van der Waals surface area contributed by atoms with E-state index >= 15 is 0 Å². The number of hydrogen-bond donors (Lipinski definition) is 1. The van der Waals surface area contributed by atoms with Gasteiger partial charge in [-0.1, -0.05) is 53.9 Å². The Morgan fingerprint density at radius 2 is 1.67 bits per heavy atom. The van der Waals surface area contributed by atoms with E-state index in [1.807, 2.05) is 18.2 Å². The normalized spacial score (nSPS) is 10.8. The van der Waals surface area contributed by atoms with E-state index in [0.717, 1.165) is 19.0 Å². The molecule has 0 saturated carbocycles. The van der Waals surface area contributed by atoms with Gasteiger partial charge in [-0.2, -0.15) is 0 Å². The summed E-state index contributed by atoms with van der Waals surface area (Å²) < 4.78 is 7.83. The van der Waals surface area contributed by atoms with Crippen LogP contribution in [-0.4, -0.2) is 18.3 Å². The molecule has 0 bridgehead atoms. The van der Waals surface area contributed by atoms with Crippen LogP contribution >= 0.6 is 47.8 Å². The number of nitrogens with two attached hydrogens (primary N) is 1. The van der Waals surface area contributed by atoms with Crippen LogP contribution in [0.5, 0.6) is 5.75 Å². The number of ether oxygens (including phenoxy) is 1. The lowest BCUT2D eigenvalue weighted by molar-refractivity contribution is -0.119. The molecular weight excluding hydrogens is 506 g/mol. The molecule has 0 aromatic heterocycles. The zero-order chi connectivity index (χ0) is 17.7. The number of halogens is 3. The van der Waals surface area contributed by atoms with Gasteiger partial charge >= 0.3 is 0 Å². The quantitative estimate of drug-likeness (QED) is 0.445. The number of amides is 1. The average Bonchev–Trinajstić information content (AvgIpc) is 2.50. The lowest BCUT2D eigenvalue weighted by atomic mass is 10.1. The Morgan fingerprint density at radius 1 is 1.00 bits per heavy atom. The molecule has 0 aliphatic heterocycles. The van der Waals surface area contributed by atoms with Crippen molar-refractivity contribution >= 4 is 65.6 Å². The Kier molecular flexibility index (Phi) is 6.77. The summed E-state index contributed by atoms with van der Waals surface area (Å²) in [6.07, 6.45) is 3.16. The van der Waals surface area contributed by atoms with Crippen LogP contribution in [-0.2, 0) is 4.79 Å². The molecule has 2 aromatic rings. The fraction of sp³-hybridized carbons (Fsp3) is 0.0588. The van der Waals surface area contributed by atoms with E-state index in [4.69, 9.17) is 10.5 Å². The van der Waals surface area contributed by atoms with Crippen molar-refractivity contribution in [3.63, 3.8) is 0 Å². The molecule has 0 unspecified atom stereocenters. The number of ketones is 1. The van der Waals surface area contributed by atoms with Crippen LogP contribution < -0.4 is 10.5 Å². The molecule has 0 heterocycles. The number of rotatable bonds is 6. The van der Waals surface area contributed by atoms with Crippen molar-refractivity contribution in [3.05, 3.63) is 67.0 Å². The molecule has 24 heavy (non-hydrogen) atoms. The third-order valence-corrected chi connectivity index (χ3v) is 4.30. The standard InChI is InChI=1S/C17H12Br3NO3/c18-11-2-4-16(24-9-17(21)23)14(8-11)15(22)3-1-10-5-12(19)7-13(20)6-10/h1-8H,9H2,(H2,21,23)/b3-1+. The van der Waals surface area contributed by atoms with Crippen molar-refractivity contribution in [2.45, 2.75) is 0 Å². The SMILES string of the molecule is NC(=O)COc1ccc(Br)cc1C(=O)/C=C/c1cc(Br)cc(Br)c1.